The topological polar surface area (TPSA) is 105 Å². The van der Waals surface area contributed by atoms with Gasteiger partial charge in [-0.15, -0.1) is 0 Å². The fourth-order valence-corrected chi connectivity index (χ4v) is 3.07. The number of sulfonamides is 1. The zero-order chi connectivity index (χ0) is 18.2. The predicted octanol–water partition coefficient (Wildman–Crippen LogP) is 1.22. The highest BCUT2D eigenvalue weighted by atomic mass is 32.2. The lowest BCUT2D eigenvalue weighted by Crippen LogP contribution is -2.29. The number of anilines is 2. The molecule has 2 heterocycles. The van der Waals surface area contributed by atoms with Gasteiger partial charge in [0.1, 0.15) is 28.0 Å². The summed E-state index contributed by atoms with van der Waals surface area (Å²) in [4.78, 5) is 16.9. The van der Waals surface area contributed by atoms with Crippen molar-refractivity contribution in [3.63, 3.8) is 0 Å². The van der Waals surface area contributed by atoms with Crippen molar-refractivity contribution in [2.45, 2.75) is 17.4 Å². The molecule has 3 N–H and O–H groups in total. The number of rotatable bonds is 4. The van der Waals surface area contributed by atoms with Crippen LogP contribution in [-0.4, -0.2) is 31.9 Å². The van der Waals surface area contributed by atoms with Crippen molar-refractivity contribution in [1.29, 1.82) is 0 Å². The molecule has 10 heteroatoms. The maximum absolute atomic E-state index is 13.9. The second kappa shape index (κ2) is 6.37. The lowest BCUT2D eigenvalue weighted by Gasteiger charge is -2.18. The standard InChI is InChI=1S/C15H14F2N4O3S/c16-11-2-1-3-12(17)15(11)21-8-9(6-14(21)22)20-13-5-4-10(7-19-13)25(18,23)24/h1-5,7,9H,6,8H2,(H,19,20)(H2,18,23,24). The molecule has 0 saturated carbocycles. The largest absolute Gasteiger partial charge is 0.365 e. The van der Waals surface area contributed by atoms with Crippen molar-refractivity contribution in [2.75, 3.05) is 16.8 Å². The Bertz CT molecular complexity index is 899. The number of halogens is 2. The van der Waals surface area contributed by atoms with Crippen LogP contribution in [0.25, 0.3) is 0 Å². The molecule has 1 aliphatic heterocycles. The lowest BCUT2D eigenvalue weighted by molar-refractivity contribution is -0.117. The minimum Gasteiger partial charge on any atom is -0.365 e. The average Bonchev–Trinajstić information content (AvgIpc) is 2.87. The summed E-state index contributed by atoms with van der Waals surface area (Å²) in [5.74, 6) is -1.74. The first-order valence-electron chi connectivity index (χ1n) is 7.25. The van der Waals surface area contributed by atoms with E-state index < -0.39 is 33.6 Å². The van der Waals surface area contributed by atoms with Gasteiger partial charge in [0.2, 0.25) is 15.9 Å². The van der Waals surface area contributed by atoms with E-state index in [2.05, 4.69) is 10.3 Å². The Morgan fingerprint density at radius 3 is 2.44 bits per heavy atom. The third kappa shape index (κ3) is 3.59. The van der Waals surface area contributed by atoms with Crippen LogP contribution in [0.15, 0.2) is 41.4 Å². The van der Waals surface area contributed by atoms with E-state index in [0.29, 0.717) is 5.82 Å². The van der Waals surface area contributed by atoms with E-state index in [-0.39, 0.29) is 23.5 Å². The van der Waals surface area contributed by atoms with Crippen LogP contribution in [0.3, 0.4) is 0 Å². The number of nitrogens with two attached hydrogens (primary N) is 1. The van der Waals surface area contributed by atoms with E-state index in [1.54, 1.807) is 0 Å². The van der Waals surface area contributed by atoms with Crippen LogP contribution in [-0.2, 0) is 14.8 Å². The number of hydrogen-bond donors (Lipinski definition) is 2. The molecule has 1 saturated heterocycles. The molecule has 1 amide bonds. The fraction of sp³-hybridized carbons (Fsp3) is 0.200. The molecule has 1 unspecified atom stereocenters. The Hall–Kier alpha value is -2.59. The number of hydrogen-bond acceptors (Lipinski definition) is 5. The molecule has 7 nitrogen and oxygen atoms in total. The number of benzene rings is 1. The highest BCUT2D eigenvalue weighted by Gasteiger charge is 2.33. The molecule has 132 valence electrons. The molecule has 1 fully saturated rings. The molecule has 0 spiro atoms. The van der Waals surface area contributed by atoms with Gasteiger partial charge in [-0.25, -0.2) is 27.3 Å². The van der Waals surface area contributed by atoms with Crippen molar-refractivity contribution >= 4 is 27.4 Å². The van der Waals surface area contributed by atoms with Crippen LogP contribution >= 0.6 is 0 Å². The van der Waals surface area contributed by atoms with Crippen molar-refractivity contribution in [3.8, 4) is 0 Å². The normalized spacial score (nSPS) is 17.8. The SMILES string of the molecule is NS(=O)(=O)c1ccc(NC2CC(=O)N(c3c(F)cccc3F)C2)nc1. The summed E-state index contributed by atoms with van der Waals surface area (Å²) >= 11 is 0. The van der Waals surface area contributed by atoms with Gasteiger partial charge in [-0.2, -0.15) is 0 Å². The maximum Gasteiger partial charge on any atom is 0.239 e. The van der Waals surface area contributed by atoms with Crippen molar-refractivity contribution in [3.05, 3.63) is 48.2 Å². The summed E-state index contributed by atoms with van der Waals surface area (Å²) in [6, 6.07) is 5.63. The van der Waals surface area contributed by atoms with Gasteiger partial charge in [0.25, 0.3) is 0 Å². The van der Waals surface area contributed by atoms with Crippen LogP contribution in [0, 0.1) is 11.6 Å². The van der Waals surface area contributed by atoms with Crippen molar-refractivity contribution in [1.82, 2.24) is 4.98 Å². The zero-order valence-corrected chi connectivity index (χ0v) is 13.6. The molecule has 25 heavy (non-hydrogen) atoms. The molecule has 0 aliphatic carbocycles. The van der Waals surface area contributed by atoms with Gasteiger partial charge in [-0.1, -0.05) is 6.07 Å². The Morgan fingerprint density at radius 2 is 1.88 bits per heavy atom. The number of para-hydroxylation sites is 1. The molecule has 2 aromatic rings. The molecular weight excluding hydrogens is 354 g/mol. The number of carbonyl (C=O) groups excluding carboxylic acids is 1. The number of pyridine rings is 1. The van der Waals surface area contributed by atoms with Gasteiger partial charge in [0.05, 0.1) is 6.04 Å². The molecule has 1 aliphatic rings. The Labute approximate surface area is 142 Å². The number of nitrogens with one attached hydrogen (secondary N) is 1. The highest BCUT2D eigenvalue weighted by Crippen LogP contribution is 2.28. The molecule has 3 rings (SSSR count). The van der Waals surface area contributed by atoms with Crippen LogP contribution in [0.4, 0.5) is 20.3 Å². The summed E-state index contributed by atoms with van der Waals surface area (Å²) in [6.45, 7) is 0.0509. The molecule has 1 atom stereocenters. The van der Waals surface area contributed by atoms with Gasteiger partial charge in [0, 0.05) is 19.2 Å². The first-order chi connectivity index (χ1) is 11.8. The third-order valence-electron chi connectivity index (χ3n) is 3.75. The van der Waals surface area contributed by atoms with E-state index in [0.717, 1.165) is 23.2 Å². The Kier molecular flexibility index (Phi) is 4.39. The number of carbonyl (C=O) groups is 1. The van der Waals surface area contributed by atoms with Gasteiger partial charge in [-0.05, 0) is 24.3 Å². The fourth-order valence-electron chi connectivity index (χ4n) is 2.61. The highest BCUT2D eigenvalue weighted by molar-refractivity contribution is 7.89. The maximum atomic E-state index is 13.9. The number of aromatic nitrogens is 1. The summed E-state index contributed by atoms with van der Waals surface area (Å²) in [5, 5.41) is 7.92. The van der Waals surface area contributed by atoms with E-state index >= 15 is 0 Å². The van der Waals surface area contributed by atoms with Crippen molar-refractivity contribution in [2.24, 2.45) is 5.14 Å². The van der Waals surface area contributed by atoms with E-state index in [1.165, 1.54) is 18.2 Å². The Morgan fingerprint density at radius 1 is 1.20 bits per heavy atom. The average molecular weight is 368 g/mol. The predicted molar refractivity (Wildman–Crippen MR) is 86.3 cm³/mol. The quantitative estimate of drug-likeness (QED) is 0.844. The minimum atomic E-state index is -3.85. The lowest BCUT2D eigenvalue weighted by atomic mass is 10.2. The van der Waals surface area contributed by atoms with Gasteiger partial charge in [-0.3, -0.25) is 4.79 Å². The summed E-state index contributed by atoms with van der Waals surface area (Å²) in [5.41, 5.74) is -0.380. The van der Waals surface area contributed by atoms with Crippen molar-refractivity contribution < 1.29 is 22.0 Å². The first kappa shape index (κ1) is 17.2. The monoisotopic (exact) mass is 368 g/mol. The molecule has 0 bridgehead atoms. The zero-order valence-electron chi connectivity index (χ0n) is 12.8. The number of amides is 1. The van der Waals surface area contributed by atoms with Gasteiger partial charge in [0.15, 0.2) is 0 Å². The summed E-state index contributed by atoms with van der Waals surface area (Å²) in [6.07, 6.45) is 1.11. The first-order valence-corrected chi connectivity index (χ1v) is 8.80. The third-order valence-corrected chi connectivity index (χ3v) is 4.65. The van der Waals surface area contributed by atoms with E-state index in [1.807, 2.05) is 0 Å². The molecular formula is C15H14F2N4O3S. The summed E-state index contributed by atoms with van der Waals surface area (Å²) < 4.78 is 50.1. The van der Waals surface area contributed by atoms with E-state index in [4.69, 9.17) is 5.14 Å². The summed E-state index contributed by atoms with van der Waals surface area (Å²) in [7, 11) is -3.85. The smallest absolute Gasteiger partial charge is 0.239 e. The van der Waals surface area contributed by atoms with Crippen LogP contribution in [0.2, 0.25) is 0 Å². The molecule has 0 radical (unpaired) electrons. The second-order valence-electron chi connectivity index (χ2n) is 5.54. The minimum absolute atomic E-state index is 0.0202. The second-order valence-corrected chi connectivity index (χ2v) is 7.11. The van der Waals surface area contributed by atoms with Gasteiger partial charge >= 0.3 is 0 Å². The molecule has 1 aromatic heterocycles. The number of primary sulfonamides is 1. The van der Waals surface area contributed by atoms with Crippen LogP contribution in [0.1, 0.15) is 6.42 Å². The molecule has 1 aromatic carbocycles. The Balaban J connectivity index is 1.75. The van der Waals surface area contributed by atoms with Gasteiger partial charge < -0.3 is 10.2 Å². The van der Waals surface area contributed by atoms with E-state index in [9.17, 15) is 22.0 Å². The van der Waals surface area contributed by atoms with Crippen LogP contribution < -0.4 is 15.4 Å². The van der Waals surface area contributed by atoms with Crippen LogP contribution in [0.5, 0.6) is 0 Å². The number of nitrogens with zero attached hydrogens (tertiary/aromatic N) is 2.